The lowest BCUT2D eigenvalue weighted by Gasteiger charge is -2.17. The number of hydrogen-bond acceptors (Lipinski definition) is 5. The molecule has 0 atom stereocenters. The minimum atomic E-state index is -0.669. The monoisotopic (exact) mass is 295 g/mol. The van der Waals surface area contributed by atoms with Gasteiger partial charge in [0.25, 0.3) is 0 Å². The molecule has 1 aromatic rings. The molecule has 112 valence electrons. The van der Waals surface area contributed by atoms with Crippen LogP contribution in [0.2, 0.25) is 0 Å². The van der Waals surface area contributed by atoms with E-state index in [9.17, 15) is 4.79 Å². The lowest BCUT2D eigenvalue weighted by atomic mass is 10.1. The van der Waals surface area contributed by atoms with Gasteiger partial charge in [-0.1, -0.05) is 24.8 Å². The van der Waals surface area contributed by atoms with E-state index in [0.717, 1.165) is 11.3 Å². The molecule has 0 fully saturated rings. The Balaban J connectivity index is 2.83. The lowest BCUT2D eigenvalue weighted by molar-refractivity contribution is -0.137. The Morgan fingerprint density at radius 3 is 2.59 bits per heavy atom. The normalized spacial score (nSPS) is 10.2. The molecule has 5 nitrogen and oxygen atoms in total. The van der Waals surface area contributed by atoms with Gasteiger partial charge in [-0.15, -0.1) is 0 Å². The first kappa shape index (κ1) is 17.0. The van der Waals surface area contributed by atoms with E-state index < -0.39 is 5.97 Å². The van der Waals surface area contributed by atoms with E-state index in [1.165, 1.54) is 12.2 Å². The van der Waals surface area contributed by atoms with E-state index in [1.807, 2.05) is 30.1 Å². The molecule has 0 aliphatic heterocycles. The van der Waals surface area contributed by atoms with Crippen LogP contribution >= 0.6 is 0 Å². The van der Waals surface area contributed by atoms with Crippen LogP contribution in [-0.2, 0) is 9.53 Å². The summed E-state index contributed by atoms with van der Waals surface area (Å²) < 4.78 is 4.84. The molecule has 1 rings (SSSR count). The SMILES string of the molecule is C=CCOC(=O)/C(C#N)=C/c1ccc(N(C)CCC#N)cc1. The molecule has 0 spiro atoms. The summed E-state index contributed by atoms with van der Waals surface area (Å²) in [7, 11) is 1.90. The van der Waals surface area contributed by atoms with Crippen molar-refractivity contribution in [3.05, 3.63) is 48.1 Å². The number of ether oxygens (including phenoxy) is 1. The quantitative estimate of drug-likeness (QED) is 0.334. The number of rotatable bonds is 7. The highest BCUT2D eigenvalue weighted by Gasteiger charge is 2.10. The molecule has 0 amide bonds. The summed E-state index contributed by atoms with van der Waals surface area (Å²) in [5, 5.41) is 17.6. The summed E-state index contributed by atoms with van der Waals surface area (Å²) in [6.45, 7) is 4.16. The van der Waals surface area contributed by atoms with E-state index in [-0.39, 0.29) is 12.2 Å². The molecule has 0 N–H and O–H groups in total. The van der Waals surface area contributed by atoms with Crippen molar-refractivity contribution in [2.45, 2.75) is 6.42 Å². The van der Waals surface area contributed by atoms with Gasteiger partial charge in [-0.25, -0.2) is 4.79 Å². The fraction of sp³-hybridized carbons (Fsp3) is 0.235. The topological polar surface area (TPSA) is 77.1 Å². The first-order valence-electron chi connectivity index (χ1n) is 6.70. The van der Waals surface area contributed by atoms with Crippen molar-refractivity contribution >= 4 is 17.7 Å². The molecular formula is C17H17N3O2. The number of hydrogen-bond donors (Lipinski definition) is 0. The highest BCUT2D eigenvalue weighted by molar-refractivity contribution is 5.97. The summed E-state index contributed by atoms with van der Waals surface area (Å²) in [6, 6.07) is 11.3. The number of esters is 1. The molecule has 0 saturated heterocycles. The van der Waals surface area contributed by atoms with Crippen molar-refractivity contribution in [3.8, 4) is 12.1 Å². The van der Waals surface area contributed by atoms with Crippen LogP contribution in [-0.4, -0.2) is 26.2 Å². The Labute approximate surface area is 130 Å². The van der Waals surface area contributed by atoms with Crippen molar-refractivity contribution < 1.29 is 9.53 Å². The lowest BCUT2D eigenvalue weighted by Crippen LogP contribution is -2.17. The third kappa shape index (κ3) is 5.15. The molecule has 0 saturated carbocycles. The minimum Gasteiger partial charge on any atom is -0.457 e. The van der Waals surface area contributed by atoms with Gasteiger partial charge in [0.05, 0.1) is 12.5 Å². The molecule has 0 aliphatic rings. The van der Waals surface area contributed by atoms with Gasteiger partial charge in [0, 0.05) is 19.3 Å². The van der Waals surface area contributed by atoms with Crippen molar-refractivity contribution in [2.75, 3.05) is 25.1 Å². The molecular weight excluding hydrogens is 278 g/mol. The van der Waals surface area contributed by atoms with E-state index in [4.69, 9.17) is 15.3 Å². The molecule has 0 heterocycles. The summed E-state index contributed by atoms with van der Waals surface area (Å²) in [5.41, 5.74) is 1.62. The predicted molar refractivity (Wildman–Crippen MR) is 84.7 cm³/mol. The van der Waals surface area contributed by atoms with Crippen molar-refractivity contribution in [1.29, 1.82) is 10.5 Å². The smallest absolute Gasteiger partial charge is 0.349 e. The molecule has 0 aromatic heterocycles. The van der Waals surface area contributed by atoms with Crippen LogP contribution in [0.25, 0.3) is 6.08 Å². The molecule has 1 aromatic carbocycles. The fourth-order valence-electron chi connectivity index (χ4n) is 1.69. The largest absolute Gasteiger partial charge is 0.457 e. The highest BCUT2D eigenvalue weighted by atomic mass is 16.5. The maximum Gasteiger partial charge on any atom is 0.349 e. The summed E-state index contributed by atoms with van der Waals surface area (Å²) in [6.07, 6.45) is 3.37. The first-order chi connectivity index (χ1) is 10.6. The molecule has 5 heteroatoms. The summed E-state index contributed by atoms with van der Waals surface area (Å²) >= 11 is 0. The van der Waals surface area contributed by atoms with Crippen LogP contribution in [0.1, 0.15) is 12.0 Å². The van der Waals surface area contributed by atoms with Crippen LogP contribution in [0.3, 0.4) is 0 Å². The van der Waals surface area contributed by atoms with E-state index in [1.54, 1.807) is 12.1 Å². The van der Waals surface area contributed by atoms with Crippen LogP contribution < -0.4 is 4.90 Å². The Hall–Kier alpha value is -3.05. The van der Waals surface area contributed by atoms with Crippen molar-refractivity contribution in [3.63, 3.8) is 0 Å². The second kappa shape index (κ2) is 8.99. The fourth-order valence-corrected chi connectivity index (χ4v) is 1.69. The predicted octanol–water partition coefficient (Wildman–Crippen LogP) is 2.67. The van der Waals surface area contributed by atoms with Gasteiger partial charge < -0.3 is 9.64 Å². The number of carbonyl (C=O) groups is 1. The van der Waals surface area contributed by atoms with Crippen molar-refractivity contribution in [1.82, 2.24) is 0 Å². The number of benzene rings is 1. The van der Waals surface area contributed by atoms with Gasteiger partial charge in [-0.3, -0.25) is 0 Å². The van der Waals surface area contributed by atoms with Gasteiger partial charge in [0.2, 0.25) is 0 Å². The van der Waals surface area contributed by atoms with Crippen LogP contribution in [0.15, 0.2) is 42.5 Å². The number of carbonyl (C=O) groups excluding carboxylic acids is 1. The van der Waals surface area contributed by atoms with Crippen LogP contribution in [0.5, 0.6) is 0 Å². The molecule has 0 bridgehead atoms. The second-order valence-electron chi connectivity index (χ2n) is 4.48. The third-order valence-corrected chi connectivity index (χ3v) is 2.88. The zero-order chi connectivity index (χ0) is 16.4. The van der Waals surface area contributed by atoms with E-state index >= 15 is 0 Å². The van der Waals surface area contributed by atoms with Gasteiger partial charge in [-0.05, 0) is 23.8 Å². The maximum absolute atomic E-state index is 11.6. The average molecular weight is 295 g/mol. The number of nitriles is 2. The Morgan fingerprint density at radius 2 is 2.05 bits per heavy atom. The Bertz CT molecular complexity index is 633. The van der Waals surface area contributed by atoms with Gasteiger partial charge in [0.1, 0.15) is 18.2 Å². The van der Waals surface area contributed by atoms with E-state index in [2.05, 4.69) is 12.6 Å². The zero-order valence-corrected chi connectivity index (χ0v) is 12.5. The maximum atomic E-state index is 11.6. The zero-order valence-electron chi connectivity index (χ0n) is 12.5. The summed E-state index contributed by atoms with van der Waals surface area (Å²) in [5.74, 6) is -0.669. The third-order valence-electron chi connectivity index (χ3n) is 2.88. The highest BCUT2D eigenvalue weighted by Crippen LogP contribution is 2.16. The first-order valence-corrected chi connectivity index (χ1v) is 6.70. The molecule has 0 aliphatic carbocycles. The van der Waals surface area contributed by atoms with Gasteiger partial charge >= 0.3 is 5.97 Å². The second-order valence-corrected chi connectivity index (χ2v) is 4.48. The van der Waals surface area contributed by atoms with Gasteiger partial charge in [-0.2, -0.15) is 10.5 Å². The average Bonchev–Trinajstić information content (AvgIpc) is 2.55. The molecule has 0 unspecified atom stereocenters. The van der Waals surface area contributed by atoms with Gasteiger partial charge in [0.15, 0.2) is 0 Å². The van der Waals surface area contributed by atoms with Crippen LogP contribution in [0.4, 0.5) is 5.69 Å². The standard InChI is InChI=1S/C17H17N3O2/c1-3-11-22-17(21)15(13-19)12-14-5-7-16(8-6-14)20(2)10-4-9-18/h3,5-8,12H,1,4,10-11H2,2H3/b15-12+. The van der Waals surface area contributed by atoms with E-state index in [0.29, 0.717) is 13.0 Å². The Morgan fingerprint density at radius 1 is 1.36 bits per heavy atom. The Kier molecular flexibility index (Phi) is 6.95. The molecule has 22 heavy (non-hydrogen) atoms. The minimum absolute atomic E-state index is 0.0626. The number of nitrogens with zero attached hydrogens (tertiary/aromatic N) is 3. The van der Waals surface area contributed by atoms with Crippen molar-refractivity contribution in [2.24, 2.45) is 0 Å². The molecule has 0 radical (unpaired) electrons. The summed E-state index contributed by atoms with van der Waals surface area (Å²) in [4.78, 5) is 13.6. The number of anilines is 1. The van der Waals surface area contributed by atoms with Crippen LogP contribution in [0, 0.1) is 22.7 Å².